The SMILES string of the molecule is O=S(=O)(O)CCCCN1c2ccccc2Oc2ccccc21. The Bertz CT molecular complexity index is 728. The molecule has 1 N–H and O–H groups in total. The van der Waals surface area contributed by atoms with Crippen LogP contribution >= 0.6 is 0 Å². The Balaban J connectivity index is 1.81. The van der Waals surface area contributed by atoms with Crippen molar-refractivity contribution in [1.29, 1.82) is 0 Å². The van der Waals surface area contributed by atoms with Gasteiger partial charge in [0.15, 0.2) is 11.5 Å². The lowest BCUT2D eigenvalue weighted by Crippen LogP contribution is -2.22. The van der Waals surface area contributed by atoms with Gasteiger partial charge in [-0.25, -0.2) is 0 Å². The molecule has 0 saturated heterocycles. The van der Waals surface area contributed by atoms with Gasteiger partial charge in [0.2, 0.25) is 0 Å². The van der Waals surface area contributed by atoms with E-state index < -0.39 is 10.1 Å². The summed E-state index contributed by atoms with van der Waals surface area (Å²) < 4.78 is 36.3. The van der Waals surface area contributed by atoms with Crippen LogP contribution in [0.3, 0.4) is 0 Å². The van der Waals surface area contributed by atoms with E-state index in [4.69, 9.17) is 9.29 Å². The fourth-order valence-corrected chi connectivity index (χ4v) is 3.15. The third-order valence-electron chi connectivity index (χ3n) is 3.57. The maximum absolute atomic E-state index is 10.8. The minimum Gasteiger partial charge on any atom is -0.453 e. The lowest BCUT2D eigenvalue weighted by atomic mass is 10.1. The van der Waals surface area contributed by atoms with Gasteiger partial charge in [-0.15, -0.1) is 0 Å². The minimum atomic E-state index is -3.89. The van der Waals surface area contributed by atoms with Crippen LogP contribution in [0.5, 0.6) is 11.5 Å². The first-order valence-electron chi connectivity index (χ1n) is 7.13. The summed E-state index contributed by atoms with van der Waals surface area (Å²) in [7, 11) is -3.89. The van der Waals surface area contributed by atoms with Crippen molar-refractivity contribution >= 4 is 21.5 Å². The number of rotatable bonds is 5. The summed E-state index contributed by atoms with van der Waals surface area (Å²) in [6.45, 7) is 0.660. The Hall–Kier alpha value is -2.05. The summed E-state index contributed by atoms with van der Waals surface area (Å²) in [5, 5.41) is 0. The number of fused-ring (bicyclic) bond motifs is 2. The van der Waals surface area contributed by atoms with E-state index in [1.54, 1.807) is 0 Å². The molecule has 0 spiro atoms. The van der Waals surface area contributed by atoms with Crippen LogP contribution in [0.1, 0.15) is 12.8 Å². The van der Waals surface area contributed by atoms with Gasteiger partial charge in [-0.3, -0.25) is 4.55 Å². The van der Waals surface area contributed by atoms with Crippen LogP contribution in [0.2, 0.25) is 0 Å². The van der Waals surface area contributed by atoms with E-state index in [2.05, 4.69) is 4.90 Å². The molecule has 1 aliphatic heterocycles. The van der Waals surface area contributed by atoms with Gasteiger partial charge >= 0.3 is 0 Å². The lowest BCUT2D eigenvalue weighted by Gasteiger charge is -2.32. The molecular weight excluding hydrogens is 302 g/mol. The topological polar surface area (TPSA) is 66.8 Å². The molecule has 0 bridgehead atoms. The largest absolute Gasteiger partial charge is 0.453 e. The molecule has 5 nitrogen and oxygen atoms in total. The van der Waals surface area contributed by atoms with Gasteiger partial charge in [-0.05, 0) is 37.1 Å². The first-order chi connectivity index (χ1) is 10.5. The quantitative estimate of drug-likeness (QED) is 0.674. The summed E-state index contributed by atoms with van der Waals surface area (Å²) in [4.78, 5) is 2.12. The van der Waals surface area contributed by atoms with Crippen molar-refractivity contribution in [2.75, 3.05) is 17.2 Å². The third kappa shape index (κ3) is 3.23. The Morgan fingerprint density at radius 3 is 2.00 bits per heavy atom. The minimum absolute atomic E-state index is 0.208. The number of para-hydroxylation sites is 4. The fraction of sp³-hybridized carbons (Fsp3) is 0.250. The monoisotopic (exact) mass is 319 g/mol. The number of ether oxygens (including phenoxy) is 1. The molecule has 2 aromatic carbocycles. The molecule has 1 heterocycles. The second kappa shape index (κ2) is 5.98. The summed E-state index contributed by atoms with van der Waals surface area (Å²) in [6.07, 6.45) is 1.07. The molecule has 6 heteroatoms. The van der Waals surface area contributed by atoms with Crippen molar-refractivity contribution < 1.29 is 17.7 Å². The van der Waals surface area contributed by atoms with E-state index in [1.807, 2.05) is 48.5 Å². The van der Waals surface area contributed by atoms with E-state index in [0.29, 0.717) is 19.4 Å². The van der Waals surface area contributed by atoms with E-state index in [1.165, 1.54) is 0 Å². The lowest BCUT2D eigenvalue weighted by molar-refractivity contribution is 0.470. The van der Waals surface area contributed by atoms with E-state index in [-0.39, 0.29) is 5.75 Å². The van der Waals surface area contributed by atoms with Crippen LogP contribution in [0.4, 0.5) is 11.4 Å². The normalized spacial score (nSPS) is 13.2. The molecule has 0 atom stereocenters. The van der Waals surface area contributed by atoms with Gasteiger partial charge in [0, 0.05) is 6.54 Å². The zero-order chi connectivity index (χ0) is 15.6. The average molecular weight is 319 g/mol. The molecule has 116 valence electrons. The van der Waals surface area contributed by atoms with Crippen molar-refractivity contribution in [3.05, 3.63) is 48.5 Å². The zero-order valence-corrected chi connectivity index (χ0v) is 12.8. The second-order valence-corrected chi connectivity index (χ2v) is 6.75. The Morgan fingerprint density at radius 2 is 1.45 bits per heavy atom. The van der Waals surface area contributed by atoms with E-state index in [9.17, 15) is 8.42 Å². The molecule has 0 radical (unpaired) electrons. The summed E-state index contributed by atoms with van der Waals surface area (Å²) in [5.74, 6) is 1.37. The number of benzene rings is 2. The Kier molecular flexibility index (Phi) is 4.04. The molecule has 0 aromatic heterocycles. The van der Waals surface area contributed by atoms with Gasteiger partial charge in [-0.1, -0.05) is 24.3 Å². The fourth-order valence-electron chi connectivity index (χ4n) is 2.58. The van der Waals surface area contributed by atoms with Crippen LogP contribution < -0.4 is 9.64 Å². The molecule has 3 rings (SSSR count). The molecule has 0 aliphatic carbocycles. The van der Waals surface area contributed by atoms with Crippen LogP contribution in [0.25, 0.3) is 0 Å². The average Bonchev–Trinajstić information content (AvgIpc) is 2.49. The molecule has 0 unspecified atom stereocenters. The number of anilines is 2. The van der Waals surface area contributed by atoms with Gasteiger partial charge in [0.25, 0.3) is 10.1 Å². The van der Waals surface area contributed by atoms with Crippen LogP contribution in [-0.2, 0) is 10.1 Å². The van der Waals surface area contributed by atoms with Crippen molar-refractivity contribution in [2.24, 2.45) is 0 Å². The van der Waals surface area contributed by atoms with Crippen molar-refractivity contribution in [3.8, 4) is 11.5 Å². The third-order valence-corrected chi connectivity index (χ3v) is 4.37. The molecule has 0 saturated carbocycles. The standard InChI is InChI=1S/C16H17NO4S/c18-22(19,20)12-6-5-11-17-13-7-1-3-9-15(13)21-16-10-4-2-8-14(16)17/h1-4,7-10H,5-6,11-12H2,(H,18,19,20). The molecule has 1 aliphatic rings. The predicted molar refractivity (Wildman–Crippen MR) is 85.6 cm³/mol. The Labute approximate surface area is 129 Å². The maximum atomic E-state index is 10.8. The summed E-state index contributed by atoms with van der Waals surface area (Å²) >= 11 is 0. The number of hydrogen-bond donors (Lipinski definition) is 1. The first-order valence-corrected chi connectivity index (χ1v) is 8.74. The molecule has 0 amide bonds. The zero-order valence-electron chi connectivity index (χ0n) is 12.0. The van der Waals surface area contributed by atoms with Crippen LogP contribution in [0, 0.1) is 0 Å². The number of hydrogen-bond acceptors (Lipinski definition) is 4. The molecular formula is C16H17NO4S. The second-order valence-electron chi connectivity index (χ2n) is 5.18. The van der Waals surface area contributed by atoms with Crippen LogP contribution in [-0.4, -0.2) is 25.3 Å². The van der Waals surface area contributed by atoms with Gasteiger partial charge < -0.3 is 9.64 Å². The highest BCUT2D eigenvalue weighted by atomic mass is 32.2. The number of unbranched alkanes of at least 4 members (excludes halogenated alkanes) is 1. The van der Waals surface area contributed by atoms with Gasteiger partial charge in [0.1, 0.15) is 0 Å². The summed E-state index contributed by atoms with van der Waals surface area (Å²) in [6, 6.07) is 15.5. The Morgan fingerprint density at radius 1 is 0.909 bits per heavy atom. The summed E-state index contributed by atoms with van der Waals surface area (Å²) in [5.41, 5.74) is 1.93. The highest BCUT2D eigenvalue weighted by molar-refractivity contribution is 7.85. The van der Waals surface area contributed by atoms with Crippen molar-refractivity contribution in [1.82, 2.24) is 0 Å². The molecule has 22 heavy (non-hydrogen) atoms. The van der Waals surface area contributed by atoms with Gasteiger partial charge in [0.05, 0.1) is 17.1 Å². The van der Waals surface area contributed by atoms with E-state index in [0.717, 1.165) is 22.9 Å². The van der Waals surface area contributed by atoms with Crippen molar-refractivity contribution in [3.63, 3.8) is 0 Å². The predicted octanol–water partition coefficient (Wildman–Crippen LogP) is 3.60. The smallest absolute Gasteiger partial charge is 0.264 e. The van der Waals surface area contributed by atoms with Crippen LogP contribution in [0.15, 0.2) is 48.5 Å². The maximum Gasteiger partial charge on any atom is 0.264 e. The molecule has 0 fully saturated rings. The highest BCUT2D eigenvalue weighted by Gasteiger charge is 2.23. The molecule has 2 aromatic rings. The number of nitrogens with zero attached hydrogens (tertiary/aromatic N) is 1. The van der Waals surface area contributed by atoms with E-state index >= 15 is 0 Å². The highest BCUT2D eigenvalue weighted by Crippen LogP contribution is 2.46. The van der Waals surface area contributed by atoms with Crippen molar-refractivity contribution in [2.45, 2.75) is 12.8 Å². The van der Waals surface area contributed by atoms with Gasteiger partial charge in [-0.2, -0.15) is 8.42 Å². The first kappa shape index (κ1) is 14.9.